The highest BCUT2D eigenvalue weighted by Crippen LogP contribution is 2.29. The topological polar surface area (TPSA) is 71.3 Å². The van der Waals surface area contributed by atoms with Crippen LogP contribution in [0, 0.1) is 0 Å². The molecule has 3 aromatic rings. The third-order valence-corrected chi connectivity index (χ3v) is 9.08. The molecule has 226 valence electrons. The van der Waals surface area contributed by atoms with Crippen molar-refractivity contribution < 1.29 is 9.59 Å². The number of carbonyl (C=O) groups excluding carboxylic acids is 2. The van der Waals surface area contributed by atoms with Gasteiger partial charge in [0.15, 0.2) is 11.0 Å². The Morgan fingerprint density at radius 2 is 1.55 bits per heavy atom. The Kier molecular flexibility index (Phi) is 12.8. The van der Waals surface area contributed by atoms with Crippen molar-refractivity contribution in [3.8, 4) is 17.1 Å². The summed E-state index contributed by atoms with van der Waals surface area (Å²) in [4.78, 5) is 29.7. The SMILES string of the molecule is CCCCCCCCCC(=O)N1CCN(C(=O)CCCSc2nnc(-c3ccc(Cl)cc3)n2-c2ccccc2)CC1C. The van der Waals surface area contributed by atoms with Crippen LogP contribution in [-0.2, 0) is 9.59 Å². The van der Waals surface area contributed by atoms with E-state index in [1.165, 1.54) is 32.1 Å². The molecule has 42 heavy (non-hydrogen) atoms. The Morgan fingerprint density at radius 1 is 0.857 bits per heavy atom. The predicted molar refractivity (Wildman–Crippen MR) is 172 cm³/mol. The molecule has 7 nitrogen and oxygen atoms in total. The number of unbranched alkanes of at least 4 members (excludes halogenated alkanes) is 6. The van der Waals surface area contributed by atoms with Crippen LogP contribution >= 0.6 is 23.4 Å². The number of nitrogens with zero attached hydrogens (tertiary/aromatic N) is 5. The van der Waals surface area contributed by atoms with Crippen LogP contribution in [0.3, 0.4) is 0 Å². The van der Waals surface area contributed by atoms with Crippen LogP contribution < -0.4 is 0 Å². The first-order valence-electron chi connectivity index (χ1n) is 15.4. The summed E-state index contributed by atoms with van der Waals surface area (Å²) in [6.45, 7) is 6.15. The highest BCUT2D eigenvalue weighted by molar-refractivity contribution is 7.99. The molecule has 1 unspecified atom stereocenters. The number of thioether (sulfide) groups is 1. The van der Waals surface area contributed by atoms with Gasteiger partial charge in [0.05, 0.1) is 0 Å². The van der Waals surface area contributed by atoms with Crippen molar-refractivity contribution in [3.63, 3.8) is 0 Å². The lowest BCUT2D eigenvalue weighted by Crippen LogP contribution is -2.55. The van der Waals surface area contributed by atoms with Crippen LogP contribution in [0.4, 0.5) is 0 Å². The first-order valence-corrected chi connectivity index (χ1v) is 16.8. The van der Waals surface area contributed by atoms with Gasteiger partial charge in [-0.25, -0.2) is 0 Å². The number of para-hydroxylation sites is 1. The second-order valence-electron chi connectivity index (χ2n) is 11.1. The van der Waals surface area contributed by atoms with Crippen molar-refractivity contribution in [1.29, 1.82) is 0 Å². The zero-order valence-corrected chi connectivity index (χ0v) is 26.6. The van der Waals surface area contributed by atoms with E-state index in [1.54, 1.807) is 11.8 Å². The van der Waals surface area contributed by atoms with Crippen LogP contribution in [-0.4, -0.2) is 67.8 Å². The third kappa shape index (κ3) is 9.08. The number of amides is 2. The summed E-state index contributed by atoms with van der Waals surface area (Å²) in [5.74, 6) is 1.90. The van der Waals surface area contributed by atoms with Gasteiger partial charge in [-0.3, -0.25) is 14.2 Å². The molecule has 0 radical (unpaired) electrons. The van der Waals surface area contributed by atoms with Crippen molar-refractivity contribution in [2.24, 2.45) is 0 Å². The molecule has 0 saturated carbocycles. The summed E-state index contributed by atoms with van der Waals surface area (Å²) < 4.78 is 2.06. The first kappa shape index (κ1) is 32.1. The van der Waals surface area contributed by atoms with Crippen molar-refractivity contribution in [2.75, 3.05) is 25.4 Å². The summed E-state index contributed by atoms with van der Waals surface area (Å²) in [6, 6.07) is 17.7. The van der Waals surface area contributed by atoms with E-state index in [0.29, 0.717) is 37.5 Å². The lowest BCUT2D eigenvalue weighted by Gasteiger charge is -2.40. The molecule has 1 saturated heterocycles. The molecular weight excluding hydrogens is 566 g/mol. The summed E-state index contributed by atoms with van der Waals surface area (Å²) in [5.41, 5.74) is 1.92. The van der Waals surface area contributed by atoms with E-state index in [4.69, 9.17) is 11.6 Å². The Hall–Kier alpha value is -2.84. The largest absolute Gasteiger partial charge is 0.339 e. The number of halogens is 1. The molecule has 4 rings (SSSR count). The summed E-state index contributed by atoms with van der Waals surface area (Å²) in [6.07, 6.45) is 10.3. The van der Waals surface area contributed by atoms with E-state index in [0.717, 1.165) is 47.2 Å². The maximum atomic E-state index is 13.0. The Bertz CT molecular complexity index is 1270. The van der Waals surface area contributed by atoms with Gasteiger partial charge in [0.2, 0.25) is 11.8 Å². The smallest absolute Gasteiger partial charge is 0.222 e. The Morgan fingerprint density at radius 3 is 2.26 bits per heavy atom. The van der Waals surface area contributed by atoms with E-state index >= 15 is 0 Å². The molecule has 0 bridgehead atoms. The van der Waals surface area contributed by atoms with Gasteiger partial charge >= 0.3 is 0 Å². The number of piperazine rings is 1. The predicted octanol–water partition coefficient (Wildman–Crippen LogP) is 7.66. The molecule has 1 fully saturated rings. The third-order valence-electron chi connectivity index (χ3n) is 7.81. The number of hydrogen-bond acceptors (Lipinski definition) is 5. The van der Waals surface area contributed by atoms with Crippen LogP contribution in [0.1, 0.15) is 78.1 Å². The second kappa shape index (κ2) is 16.7. The summed E-state index contributed by atoms with van der Waals surface area (Å²) in [7, 11) is 0. The molecule has 0 spiro atoms. The van der Waals surface area contributed by atoms with E-state index < -0.39 is 0 Å². The zero-order valence-electron chi connectivity index (χ0n) is 25.0. The fraction of sp³-hybridized carbons (Fsp3) is 0.515. The molecule has 1 aliphatic rings. The van der Waals surface area contributed by atoms with E-state index in [9.17, 15) is 9.59 Å². The van der Waals surface area contributed by atoms with Gasteiger partial charge in [0.25, 0.3) is 0 Å². The number of aromatic nitrogens is 3. The van der Waals surface area contributed by atoms with Crippen LogP contribution in [0.25, 0.3) is 17.1 Å². The average molecular weight is 610 g/mol. The first-order chi connectivity index (χ1) is 20.5. The fourth-order valence-corrected chi connectivity index (χ4v) is 6.45. The monoisotopic (exact) mass is 609 g/mol. The van der Waals surface area contributed by atoms with Crippen molar-refractivity contribution in [1.82, 2.24) is 24.6 Å². The van der Waals surface area contributed by atoms with Gasteiger partial charge in [-0.15, -0.1) is 10.2 Å². The van der Waals surface area contributed by atoms with Gasteiger partial charge in [0.1, 0.15) is 0 Å². The lowest BCUT2D eigenvalue weighted by molar-refractivity contribution is -0.142. The summed E-state index contributed by atoms with van der Waals surface area (Å²) >= 11 is 7.71. The highest BCUT2D eigenvalue weighted by atomic mass is 35.5. The minimum atomic E-state index is 0.0600. The number of benzene rings is 2. The normalized spacial score (nSPS) is 15.3. The van der Waals surface area contributed by atoms with Crippen LogP contribution in [0.15, 0.2) is 59.8 Å². The minimum absolute atomic E-state index is 0.0600. The van der Waals surface area contributed by atoms with Gasteiger partial charge in [0, 0.05) is 60.5 Å². The molecule has 0 aliphatic carbocycles. The number of rotatable bonds is 15. The minimum Gasteiger partial charge on any atom is -0.339 e. The summed E-state index contributed by atoms with van der Waals surface area (Å²) in [5, 5.41) is 10.4. The van der Waals surface area contributed by atoms with Gasteiger partial charge in [-0.1, -0.05) is 87.0 Å². The molecule has 2 amide bonds. The van der Waals surface area contributed by atoms with Crippen LogP contribution in [0.2, 0.25) is 5.02 Å². The number of carbonyl (C=O) groups is 2. The van der Waals surface area contributed by atoms with Gasteiger partial charge in [-0.2, -0.15) is 0 Å². The molecule has 9 heteroatoms. The quantitative estimate of drug-likeness (QED) is 0.131. The van der Waals surface area contributed by atoms with E-state index in [1.807, 2.05) is 64.4 Å². The molecule has 2 aromatic carbocycles. The van der Waals surface area contributed by atoms with Crippen molar-refractivity contribution >= 4 is 35.2 Å². The van der Waals surface area contributed by atoms with E-state index in [-0.39, 0.29) is 17.9 Å². The molecule has 2 heterocycles. The Balaban J connectivity index is 1.23. The second-order valence-corrected chi connectivity index (χ2v) is 12.6. The van der Waals surface area contributed by atoms with E-state index in [2.05, 4.69) is 28.6 Å². The maximum absolute atomic E-state index is 13.0. The van der Waals surface area contributed by atoms with Crippen molar-refractivity contribution in [2.45, 2.75) is 89.3 Å². The van der Waals surface area contributed by atoms with Crippen molar-refractivity contribution in [3.05, 3.63) is 59.6 Å². The fourth-order valence-electron chi connectivity index (χ4n) is 5.44. The Labute approximate surface area is 260 Å². The molecule has 0 N–H and O–H groups in total. The number of hydrogen-bond donors (Lipinski definition) is 0. The van der Waals surface area contributed by atoms with Crippen LogP contribution in [0.5, 0.6) is 0 Å². The highest BCUT2D eigenvalue weighted by Gasteiger charge is 2.29. The maximum Gasteiger partial charge on any atom is 0.222 e. The molecule has 1 aliphatic heterocycles. The van der Waals surface area contributed by atoms with Gasteiger partial charge < -0.3 is 9.80 Å². The molecular formula is C33H44ClN5O2S. The lowest BCUT2D eigenvalue weighted by atomic mass is 10.1. The molecule has 1 aromatic heterocycles. The standard InChI is InChI=1S/C33H44ClN5O2S/c1-3-4-5-6-7-8-12-16-31(41)38-23-22-37(25-26(38)2)30(40)17-13-24-42-33-36-35-32(27-18-20-28(34)21-19-27)39(33)29-14-10-9-11-15-29/h9-11,14-15,18-21,26H,3-8,12-13,16-17,22-25H2,1-2H3. The molecule has 1 atom stereocenters. The zero-order chi connectivity index (χ0) is 29.7. The average Bonchev–Trinajstić information content (AvgIpc) is 3.43. The van der Waals surface area contributed by atoms with Gasteiger partial charge in [-0.05, 0) is 56.2 Å².